The molecule has 2 fully saturated rings. The molecule has 2 unspecified atom stereocenters. The second-order valence-corrected chi connectivity index (χ2v) is 5.07. The maximum absolute atomic E-state index is 5.56. The van der Waals surface area contributed by atoms with Gasteiger partial charge in [0.15, 0.2) is 0 Å². The Hall–Kier alpha value is -0.940. The molecule has 1 N–H and O–H groups in total. The van der Waals surface area contributed by atoms with E-state index in [1.54, 1.807) is 0 Å². The Morgan fingerprint density at radius 2 is 2.18 bits per heavy atom. The molecule has 5 heteroatoms. The molecule has 94 valence electrons. The van der Waals surface area contributed by atoms with E-state index in [1.165, 1.54) is 25.7 Å². The fourth-order valence-corrected chi connectivity index (χ4v) is 3.07. The molecule has 0 bridgehead atoms. The first-order valence-electron chi connectivity index (χ1n) is 6.54. The van der Waals surface area contributed by atoms with Gasteiger partial charge in [-0.15, -0.1) is 10.2 Å². The number of nitrogens with one attached hydrogen (secondary N) is 1. The Kier molecular flexibility index (Phi) is 3.11. The highest BCUT2D eigenvalue weighted by molar-refractivity contribution is 5.06. The molecule has 5 nitrogen and oxygen atoms in total. The summed E-state index contributed by atoms with van der Waals surface area (Å²) < 4.78 is 7.85. The predicted molar refractivity (Wildman–Crippen MR) is 63.9 cm³/mol. The summed E-state index contributed by atoms with van der Waals surface area (Å²) in [5, 5.41) is 11.8. The fourth-order valence-electron chi connectivity index (χ4n) is 3.07. The number of rotatable bonds is 3. The molecule has 1 aromatic heterocycles. The van der Waals surface area contributed by atoms with Crippen molar-refractivity contribution in [2.45, 2.75) is 43.7 Å². The summed E-state index contributed by atoms with van der Waals surface area (Å²) in [4.78, 5) is 0. The Morgan fingerprint density at radius 1 is 1.35 bits per heavy atom. The van der Waals surface area contributed by atoms with Gasteiger partial charge in [-0.1, -0.05) is 12.8 Å². The Bertz CT molecular complexity index is 372. The molecular weight excluding hydrogens is 216 g/mol. The minimum absolute atomic E-state index is 0.350. The van der Waals surface area contributed by atoms with Crippen LogP contribution in [-0.4, -0.2) is 41.1 Å². The highest BCUT2D eigenvalue weighted by Crippen LogP contribution is 2.33. The molecule has 2 heterocycles. The van der Waals surface area contributed by atoms with E-state index >= 15 is 0 Å². The van der Waals surface area contributed by atoms with E-state index in [2.05, 4.69) is 20.1 Å². The lowest BCUT2D eigenvalue weighted by atomic mass is 10.0. The van der Waals surface area contributed by atoms with Crippen LogP contribution < -0.4 is 5.32 Å². The first kappa shape index (κ1) is 11.2. The molecule has 17 heavy (non-hydrogen) atoms. The lowest BCUT2D eigenvalue weighted by molar-refractivity contribution is 0.187. The van der Waals surface area contributed by atoms with Crippen molar-refractivity contribution in [2.24, 2.45) is 0 Å². The minimum atomic E-state index is 0.350. The van der Waals surface area contributed by atoms with Crippen LogP contribution in [0.4, 0.5) is 0 Å². The van der Waals surface area contributed by atoms with Crippen molar-refractivity contribution in [2.75, 3.05) is 20.3 Å². The molecule has 1 saturated carbocycles. The quantitative estimate of drug-likeness (QED) is 0.853. The molecule has 0 amide bonds. The molecule has 0 spiro atoms. The Labute approximate surface area is 102 Å². The summed E-state index contributed by atoms with van der Waals surface area (Å²) in [7, 11) is 1.99. The zero-order chi connectivity index (χ0) is 11.7. The van der Waals surface area contributed by atoms with Crippen molar-refractivity contribution in [1.82, 2.24) is 20.1 Å². The number of nitrogens with zero attached hydrogens (tertiary/aromatic N) is 3. The van der Waals surface area contributed by atoms with Crippen molar-refractivity contribution in [3.63, 3.8) is 0 Å². The van der Waals surface area contributed by atoms with Gasteiger partial charge in [0.1, 0.15) is 12.2 Å². The fraction of sp³-hybridized carbons (Fsp3) is 0.833. The van der Waals surface area contributed by atoms with Crippen LogP contribution in [0.3, 0.4) is 0 Å². The van der Waals surface area contributed by atoms with Crippen LogP contribution in [0.1, 0.15) is 43.5 Å². The van der Waals surface area contributed by atoms with Gasteiger partial charge in [0.05, 0.1) is 19.1 Å². The SMILES string of the molecule is CNC1COCC1c1nncn1C1CCCC1. The van der Waals surface area contributed by atoms with Crippen LogP contribution in [0, 0.1) is 0 Å². The van der Waals surface area contributed by atoms with E-state index in [9.17, 15) is 0 Å². The Balaban J connectivity index is 1.84. The highest BCUT2D eigenvalue weighted by atomic mass is 16.5. The van der Waals surface area contributed by atoms with Gasteiger partial charge in [-0.25, -0.2) is 0 Å². The van der Waals surface area contributed by atoms with Crippen molar-refractivity contribution in [3.8, 4) is 0 Å². The van der Waals surface area contributed by atoms with E-state index in [0.29, 0.717) is 18.0 Å². The summed E-state index contributed by atoms with van der Waals surface area (Å²) in [6.45, 7) is 1.54. The summed E-state index contributed by atoms with van der Waals surface area (Å²) in [6, 6.07) is 0.984. The van der Waals surface area contributed by atoms with E-state index in [4.69, 9.17) is 4.74 Å². The third-order valence-electron chi connectivity index (χ3n) is 4.10. The molecule has 1 aromatic rings. The van der Waals surface area contributed by atoms with Crippen molar-refractivity contribution >= 4 is 0 Å². The van der Waals surface area contributed by atoms with Gasteiger partial charge in [-0.05, 0) is 19.9 Å². The zero-order valence-corrected chi connectivity index (χ0v) is 10.3. The maximum Gasteiger partial charge on any atom is 0.140 e. The molecule has 2 atom stereocenters. The lowest BCUT2D eigenvalue weighted by Crippen LogP contribution is -2.32. The second-order valence-electron chi connectivity index (χ2n) is 5.07. The summed E-state index contributed by atoms with van der Waals surface area (Å²) >= 11 is 0. The van der Waals surface area contributed by atoms with Crippen LogP contribution in [-0.2, 0) is 4.74 Å². The van der Waals surface area contributed by atoms with Crippen LogP contribution in [0.15, 0.2) is 6.33 Å². The highest BCUT2D eigenvalue weighted by Gasteiger charge is 2.33. The molecule has 1 aliphatic heterocycles. The van der Waals surface area contributed by atoms with Crippen LogP contribution in [0.2, 0.25) is 0 Å². The second kappa shape index (κ2) is 4.74. The monoisotopic (exact) mass is 236 g/mol. The Morgan fingerprint density at radius 3 is 2.94 bits per heavy atom. The summed E-state index contributed by atoms with van der Waals surface area (Å²) in [5.74, 6) is 1.46. The summed E-state index contributed by atoms with van der Waals surface area (Å²) in [5.41, 5.74) is 0. The van der Waals surface area contributed by atoms with E-state index in [-0.39, 0.29) is 0 Å². The van der Waals surface area contributed by atoms with Crippen molar-refractivity contribution in [3.05, 3.63) is 12.2 Å². The summed E-state index contributed by atoms with van der Waals surface area (Å²) in [6.07, 6.45) is 7.10. The molecule has 3 rings (SSSR count). The lowest BCUT2D eigenvalue weighted by Gasteiger charge is -2.20. The maximum atomic E-state index is 5.56. The molecule has 0 radical (unpaired) electrons. The number of ether oxygens (including phenoxy) is 1. The van der Waals surface area contributed by atoms with Crippen molar-refractivity contribution in [1.29, 1.82) is 0 Å². The molecule has 0 aromatic carbocycles. The van der Waals surface area contributed by atoms with Crippen molar-refractivity contribution < 1.29 is 4.74 Å². The van der Waals surface area contributed by atoms with E-state index in [0.717, 1.165) is 19.0 Å². The van der Waals surface area contributed by atoms with Gasteiger partial charge >= 0.3 is 0 Å². The molecular formula is C12H20N4O. The molecule has 1 aliphatic carbocycles. The van der Waals surface area contributed by atoms with Gasteiger partial charge in [-0.3, -0.25) is 0 Å². The normalized spacial score (nSPS) is 30.2. The first-order valence-corrected chi connectivity index (χ1v) is 6.54. The zero-order valence-electron chi connectivity index (χ0n) is 10.3. The van der Waals surface area contributed by atoms with E-state index in [1.807, 2.05) is 13.4 Å². The standard InChI is InChI=1S/C12H20N4O/c1-13-11-7-17-6-10(11)12-15-14-8-16(12)9-4-2-3-5-9/h8-11,13H,2-7H2,1H3. The number of aromatic nitrogens is 3. The van der Waals surface area contributed by atoms with Gasteiger partial charge < -0.3 is 14.6 Å². The molecule has 2 aliphatic rings. The predicted octanol–water partition coefficient (Wildman–Crippen LogP) is 1.09. The smallest absolute Gasteiger partial charge is 0.140 e. The van der Waals surface area contributed by atoms with Gasteiger partial charge in [0.2, 0.25) is 0 Å². The van der Waals surface area contributed by atoms with Gasteiger partial charge in [0, 0.05) is 12.1 Å². The average molecular weight is 236 g/mol. The number of likely N-dealkylation sites (N-methyl/N-ethyl adjacent to an activating group) is 1. The number of hydrogen-bond acceptors (Lipinski definition) is 4. The van der Waals surface area contributed by atoms with Crippen LogP contribution >= 0.6 is 0 Å². The molecule has 1 saturated heterocycles. The van der Waals surface area contributed by atoms with Crippen LogP contribution in [0.25, 0.3) is 0 Å². The third kappa shape index (κ3) is 1.98. The van der Waals surface area contributed by atoms with Gasteiger partial charge in [0.25, 0.3) is 0 Å². The third-order valence-corrected chi connectivity index (χ3v) is 4.10. The average Bonchev–Trinajstić information content (AvgIpc) is 3.09. The number of hydrogen-bond donors (Lipinski definition) is 1. The largest absolute Gasteiger partial charge is 0.379 e. The minimum Gasteiger partial charge on any atom is -0.379 e. The van der Waals surface area contributed by atoms with Crippen LogP contribution in [0.5, 0.6) is 0 Å². The van der Waals surface area contributed by atoms with Gasteiger partial charge in [-0.2, -0.15) is 0 Å². The topological polar surface area (TPSA) is 52.0 Å². The first-order chi connectivity index (χ1) is 8.40. The van der Waals surface area contributed by atoms with E-state index < -0.39 is 0 Å².